The van der Waals surface area contributed by atoms with Gasteiger partial charge in [0.15, 0.2) is 6.20 Å². The summed E-state index contributed by atoms with van der Waals surface area (Å²) in [5, 5.41) is 3.71. The summed E-state index contributed by atoms with van der Waals surface area (Å²) < 4.78 is 9.00. The van der Waals surface area contributed by atoms with Gasteiger partial charge in [0, 0.05) is 23.2 Å². The Bertz CT molecular complexity index is 1410. The number of hydrogen-bond donors (Lipinski definition) is 0. The highest BCUT2D eigenvalue weighted by molar-refractivity contribution is 6.06. The summed E-state index contributed by atoms with van der Waals surface area (Å²) >= 11 is 0. The first-order valence-electron chi connectivity index (χ1n) is 11.9. The summed E-state index contributed by atoms with van der Waals surface area (Å²) in [6.07, 6.45) is 9.18. The molecule has 0 saturated heterocycles. The average Bonchev–Trinajstić information content (AvgIpc) is 2.79. The van der Waals surface area contributed by atoms with Gasteiger partial charge >= 0.3 is 0 Å². The van der Waals surface area contributed by atoms with Crippen LogP contribution in [0.3, 0.4) is 0 Å². The number of hydrogen-bond acceptors (Lipinski definition) is 2. The summed E-state index contributed by atoms with van der Waals surface area (Å²) in [6.45, 7) is 9.16. The molecule has 0 atom stereocenters. The Morgan fingerprint density at radius 2 is 1.84 bits per heavy atom. The third-order valence-electron chi connectivity index (χ3n) is 7.99. The molecule has 3 nitrogen and oxygen atoms in total. The van der Waals surface area contributed by atoms with Crippen LogP contribution in [0, 0.1) is 19.3 Å². The van der Waals surface area contributed by atoms with Crippen LogP contribution in [0.15, 0.2) is 42.7 Å². The van der Waals surface area contributed by atoms with E-state index >= 15 is 0 Å². The summed E-state index contributed by atoms with van der Waals surface area (Å²) in [5.41, 5.74) is 7.75. The highest BCUT2D eigenvalue weighted by Gasteiger charge is 2.34. The van der Waals surface area contributed by atoms with Gasteiger partial charge in [0.2, 0.25) is 5.69 Å². The van der Waals surface area contributed by atoms with Crippen molar-refractivity contribution >= 4 is 21.7 Å². The van der Waals surface area contributed by atoms with Gasteiger partial charge < -0.3 is 4.74 Å². The van der Waals surface area contributed by atoms with E-state index in [4.69, 9.17) is 9.72 Å². The second kappa shape index (κ2) is 6.78. The van der Waals surface area contributed by atoms with E-state index in [0.717, 1.165) is 22.6 Å². The molecule has 1 aliphatic carbocycles. The average molecular weight is 424 g/mol. The lowest BCUT2D eigenvalue weighted by atomic mass is 9.71. The molecule has 3 heteroatoms. The molecular weight excluding hydrogens is 392 g/mol. The second-order valence-electron chi connectivity index (χ2n) is 10.7. The highest BCUT2D eigenvalue weighted by atomic mass is 16.5. The molecule has 32 heavy (non-hydrogen) atoms. The number of nitrogens with zero attached hydrogens (tertiary/aromatic N) is 2. The number of rotatable bonds is 1. The van der Waals surface area contributed by atoms with Crippen LogP contribution in [-0.2, 0) is 7.05 Å². The van der Waals surface area contributed by atoms with Crippen LogP contribution in [0.4, 0.5) is 0 Å². The van der Waals surface area contributed by atoms with Crippen LogP contribution in [0.1, 0.15) is 62.1 Å². The monoisotopic (exact) mass is 423 g/mol. The zero-order chi connectivity index (χ0) is 22.2. The van der Waals surface area contributed by atoms with Crippen LogP contribution in [-0.4, -0.2) is 4.98 Å². The second-order valence-corrected chi connectivity index (χ2v) is 10.7. The van der Waals surface area contributed by atoms with Crippen LogP contribution < -0.4 is 9.30 Å². The lowest BCUT2D eigenvalue weighted by Crippen LogP contribution is -2.32. The molecule has 0 radical (unpaired) electrons. The first-order chi connectivity index (χ1) is 15.3. The van der Waals surface area contributed by atoms with Crippen molar-refractivity contribution in [1.82, 2.24) is 4.98 Å². The van der Waals surface area contributed by atoms with Gasteiger partial charge in [-0.2, -0.15) is 0 Å². The van der Waals surface area contributed by atoms with Crippen LogP contribution in [0.25, 0.3) is 32.9 Å². The van der Waals surface area contributed by atoms with Crippen LogP contribution in [0.2, 0.25) is 0 Å². The molecule has 1 aliphatic heterocycles. The fourth-order valence-corrected chi connectivity index (χ4v) is 5.97. The van der Waals surface area contributed by atoms with Gasteiger partial charge in [0.1, 0.15) is 18.5 Å². The maximum Gasteiger partial charge on any atom is 0.228 e. The predicted molar refractivity (Wildman–Crippen MR) is 130 cm³/mol. The molecule has 6 rings (SSSR count). The van der Waals surface area contributed by atoms with Crippen LogP contribution >= 0.6 is 0 Å². The molecule has 2 aromatic heterocycles. The summed E-state index contributed by atoms with van der Waals surface area (Å²) in [5.74, 6) is 2.58. The standard InChI is InChI=1S/C29H31N2O/c1-17-22-7-6-13-30-26(22)18(2)28-24(17)27-25-20(10-14-31(27)5)15-21(16-23(25)32-28)19-8-11-29(3,4)12-9-19/h6-7,10,13-16,19H,8-9,11-12H2,1-5H3/q+1. The van der Waals surface area contributed by atoms with Crippen molar-refractivity contribution in [2.24, 2.45) is 12.5 Å². The number of fused-ring (bicyclic) bond motifs is 3. The molecule has 2 aromatic carbocycles. The molecule has 2 aliphatic rings. The van der Waals surface area contributed by atoms with E-state index in [2.05, 4.69) is 69.8 Å². The molecule has 3 heterocycles. The van der Waals surface area contributed by atoms with Gasteiger partial charge in [0.05, 0.1) is 16.5 Å². The fraction of sp³-hybridized carbons (Fsp3) is 0.379. The molecular formula is C29H31N2O+. The van der Waals surface area contributed by atoms with Crippen molar-refractivity contribution in [3.8, 4) is 22.8 Å². The minimum absolute atomic E-state index is 0.473. The van der Waals surface area contributed by atoms with Gasteiger partial charge in [-0.25, -0.2) is 4.57 Å². The number of benzene rings is 2. The first-order valence-corrected chi connectivity index (χ1v) is 11.9. The van der Waals surface area contributed by atoms with Gasteiger partial charge in [0.25, 0.3) is 0 Å². The number of ether oxygens (including phenoxy) is 1. The lowest BCUT2D eigenvalue weighted by molar-refractivity contribution is -0.659. The van der Waals surface area contributed by atoms with Crippen LogP contribution in [0.5, 0.6) is 11.5 Å². The molecule has 1 fully saturated rings. The maximum atomic E-state index is 6.74. The third-order valence-corrected chi connectivity index (χ3v) is 7.99. The van der Waals surface area contributed by atoms with E-state index in [0.29, 0.717) is 11.3 Å². The SMILES string of the molecule is Cc1c2c(c(C)c3ncccc13)Oc1cc(C3CCC(C)(C)CC3)cc3cc[n+](C)c-2c13. The minimum atomic E-state index is 0.473. The molecule has 0 amide bonds. The maximum absolute atomic E-state index is 6.74. The Labute approximate surface area is 190 Å². The highest BCUT2D eigenvalue weighted by Crippen LogP contribution is 2.51. The quantitative estimate of drug-likeness (QED) is 0.265. The zero-order valence-electron chi connectivity index (χ0n) is 19.7. The van der Waals surface area contributed by atoms with Crippen molar-refractivity contribution in [1.29, 1.82) is 0 Å². The van der Waals surface area contributed by atoms with Gasteiger partial charge in [-0.05, 0) is 79.5 Å². The number of aromatic nitrogens is 2. The molecule has 0 N–H and O–H groups in total. The fourth-order valence-electron chi connectivity index (χ4n) is 5.97. The van der Waals surface area contributed by atoms with Gasteiger partial charge in [-0.3, -0.25) is 4.98 Å². The van der Waals surface area contributed by atoms with E-state index < -0.39 is 0 Å². The number of pyridine rings is 2. The Balaban J connectivity index is 1.60. The Morgan fingerprint density at radius 3 is 2.62 bits per heavy atom. The Morgan fingerprint density at radius 1 is 1.06 bits per heavy atom. The van der Waals surface area contributed by atoms with Crippen molar-refractivity contribution in [2.75, 3.05) is 0 Å². The van der Waals surface area contributed by atoms with E-state index in [9.17, 15) is 0 Å². The Kier molecular flexibility index (Phi) is 4.18. The molecule has 0 spiro atoms. The molecule has 1 saturated carbocycles. The van der Waals surface area contributed by atoms with Crippen molar-refractivity contribution < 1.29 is 9.30 Å². The topological polar surface area (TPSA) is 26.0 Å². The first kappa shape index (κ1) is 19.7. The molecule has 0 bridgehead atoms. The Hall–Kier alpha value is -2.94. The van der Waals surface area contributed by atoms with Gasteiger partial charge in [-0.15, -0.1) is 0 Å². The molecule has 4 aromatic rings. The van der Waals surface area contributed by atoms with E-state index in [1.807, 2.05) is 12.3 Å². The smallest absolute Gasteiger partial charge is 0.228 e. The lowest BCUT2D eigenvalue weighted by Gasteiger charge is -2.35. The van der Waals surface area contributed by atoms with Crippen molar-refractivity contribution in [3.05, 3.63) is 59.4 Å². The minimum Gasteiger partial charge on any atom is -0.455 e. The molecule has 162 valence electrons. The van der Waals surface area contributed by atoms with Gasteiger partial charge in [-0.1, -0.05) is 26.0 Å². The van der Waals surface area contributed by atoms with E-state index in [1.54, 1.807) is 0 Å². The van der Waals surface area contributed by atoms with Crippen molar-refractivity contribution in [2.45, 2.75) is 59.3 Å². The summed E-state index contributed by atoms with van der Waals surface area (Å²) in [6, 6.07) is 11.2. The predicted octanol–water partition coefficient (Wildman–Crippen LogP) is 7.29. The summed E-state index contributed by atoms with van der Waals surface area (Å²) in [7, 11) is 2.15. The zero-order valence-corrected chi connectivity index (χ0v) is 19.7. The summed E-state index contributed by atoms with van der Waals surface area (Å²) in [4.78, 5) is 4.69. The van der Waals surface area contributed by atoms with E-state index in [-0.39, 0.29) is 0 Å². The molecule has 0 unspecified atom stereocenters. The third kappa shape index (κ3) is 2.80. The van der Waals surface area contributed by atoms with E-state index in [1.165, 1.54) is 64.2 Å². The number of aryl methyl sites for hydroxylation is 3. The largest absolute Gasteiger partial charge is 0.455 e. The normalized spacial score (nSPS) is 17.4. The van der Waals surface area contributed by atoms with Crippen molar-refractivity contribution in [3.63, 3.8) is 0 Å².